The average Bonchev–Trinajstić information content (AvgIpc) is 2.32. The van der Waals surface area contributed by atoms with Gasteiger partial charge in [-0.3, -0.25) is 9.36 Å². The van der Waals surface area contributed by atoms with Gasteiger partial charge in [0.1, 0.15) is 11.6 Å². The number of rotatable bonds is 3. The van der Waals surface area contributed by atoms with Crippen LogP contribution in [0.2, 0.25) is 0 Å². The van der Waals surface area contributed by atoms with Gasteiger partial charge in [-0.25, -0.2) is 9.37 Å². The number of halogens is 1. The maximum Gasteiger partial charge on any atom is 0.253 e. The summed E-state index contributed by atoms with van der Waals surface area (Å²) in [5.74, 6) is 0.315. The van der Waals surface area contributed by atoms with E-state index in [-0.39, 0.29) is 11.4 Å². The maximum atomic E-state index is 13.0. The van der Waals surface area contributed by atoms with Crippen molar-refractivity contribution in [1.29, 1.82) is 0 Å². The predicted octanol–water partition coefficient (Wildman–Crippen LogP) is 1.84. The second kappa shape index (κ2) is 5.00. The molecule has 0 saturated carbocycles. The lowest BCUT2D eigenvalue weighted by molar-refractivity contribution is 0.628. The lowest BCUT2D eigenvalue weighted by Crippen LogP contribution is -2.23. The van der Waals surface area contributed by atoms with Crippen LogP contribution in [0, 0.1) is 12.7 Å². The van der Waals surface area contributed by atoms with Gasteiger partial charge in [0.2, 0.25) is 0 Å². The molecule has 94 valence electrons. The summed E-state index contributed by atoms with van der Waals surface area (Å²) in [7, 11) is 1.66. The quantitative estimate of drug-likeness (QED) is 0.900. The number of nitrogens with zero attached hydrogens (tertiary/aromatic N) is 2. The SMILES string of the molecule is Cc1cc(=O)n(C)c(CNc2cccc(F)c2)n1. The van der Waals surface area contributed by atoms with Gasteiger partial charge in [-0.05, 0) is 25.1 Å². The lowest BCUT2D eigenvalue weighted by atomic mass is 10.3. The second-order valence-electron chi connectivity index (χ2n) is 4.07. The smallest absolute Gasteiger partial charge is 0.253 e. The number of hydrogen-bond acceptors (Lipinski definition) is 3. The highest BCUT2D eigenvalue weighted by Gasteiger charge is 2.03. The van der Waals surface area contributed by atoms with E-state index < -0.39 is 0 Å². The first-order valence-corrected chi connectivity index (χ1v) is 5.59. The average molecular weight is 247 g/mol. The highest BCUT2D eigenvalue weighted by molar-refractivity contribution is 5.43. The third-order valence-electron chi connectivity index (χ3n) is 2.63. The van der Waals surface area contributed by atoms with Crippen molar-refractivity contribution in [2.45, 2.75) is 13.5 Å². The molecule has 0 aliphatic carbocycles. The van der Waals surface area contributed by atoms with Gasteiger partial charge < -0.3 is 5.32 Å². The molecule has 5 heteroatoms. The number of benzene rings is 1. The fourth-order valence-electron chi connectivity index (χ4n) is 1.65. The van der Waals surface area contributed by atoms with Crippen LogP contribution >= 0.6 is 0 Å². The molecule has 0 atom stereocenters. The molecule has 1 aromatic heterocycles. The lowest BCUT2D eigenvalue weighted by Gasteiger charge is -2.10. The number of nitrogens with one attached hydrogen (secondary N) is 1. The molecule has 0 spiro atoms. The molecule has 0 radical (unpaired) electrons. The van der Waals surface area contributed by atoms with Gasteiger partial charge >= 0.3 is 0 Å². The highest BCUT2D eigenvalue weighted by atomic mass is 19.1. The van der Waals surface area contributed by atoms with Crippen molar-refractivity contribution >= 4 is 5.69 Å². The molecule has 18 heavy (non-hydrogen) atoms. The molecule has 2 rings (SSSR count). The third kappa shape index (κ3) is 2.74. The number of aryl methyl sites for hydroxylation is 1. The Bertz CT molecular complexity index is 622. The first kappa shape index (κ1) is 12.3. The molecule has 0 aliphatic heterocycles. The zero-order chi connectivity index (χ0) is 13.1. The molecule has 0 bridgehead atoms. The van der Waals surface area contributed by atoms with E-state index in [4.69, 9.17) is 0 Å². The van der Waals surface area contributed by atoms with Gasteiger partial charge in [-0.2, -0.15) is 0 Å². The topological polar surface area (TPSA) is 46.9 Å². The molecule has 0 unspecified atom stereocenters. The van der Waals surface area contributed by atoms with Crippen LogP contribution in [0.25, 0.3) is 0 Å². The first-order valence-electron chi connectivity index (χ1n) is 5.59. The van der Waals surface area contributed by atoms with Gasteiger partial charge in [0.15, 0.2) is 0 Å². The number of aromatic nitrogens is 2. The molecule has 2 aromatic rings. The van der Waals surface area contributed by atoms with Crippen molar-refractivity contribution in [2.75, 3.05) is 5.32 Å². The summed E-state index contributed by atoms with van der Waals surface area (Å²) >= 11 is 0. The van der Waals surface area contributed by atoms with Crippen LogP contribution in [0.4, 0.5) is 10.1 Å². The van der Waals surface area contributed by atoms with E-state index in [1.165, 1.54) is 22.8 Å². The van der Waals surface area contributed by atoms with Crippen molar-refractivity contribution in [1.82, 2.24) is 9.55 Å². The highest BCUT2D eigenvalue weighted by Crippen LogP contribution is 2.09. The molecule has 4 nitrogen and oxygen atoms in total. The van der Waals surface area contributed by atoms with Crippen molar-refractivity contribution in [2.24, 2.45) is 7.05 Å². The van der Waals surface area contributed by atoms with Gasteiger partial charge in [-0.15, -0.1) is 0 Å². The minimum atomic E-state index is -0.300. The summed E-state index contributed by atoms with van der Waals surface area (Å²) in [4.78, 5) is 15.8. The molecule has 1 N–H and O–H groups in total. The summed E-state index contributed by atoms with van der Waals surface area (Å²) in [6, 6.07) is 7.64. The Hall–Kier alpha value is -2.17. The second-order valence-corrected chi connectivity index (χ2v) is 4.07. The standard InChI is InChI=1S/C13H14FN3O/c1-9-6-13(18)17(2)12(16-9)8-15-11-5-3-4-10(14)7-11/h3-7,15H,8H2,1-2H3. The fourth-order valence-corrected chi connectivity index (χ4v) is 1.65. The number of hydrogen-bond donors (Lipinski definition) is 1. The Labute approximate surface area is 104 Å². The van der Waals surface area contributed by atoms with E-state index in [1.54, 1.807) is 26.1 Å². The Morgan fingerprint density at radius 2 is 2.17 bits per heavy atom. The Morgan fingerprint density at radius 3 is 2.89 bits per heavy atom. The van der Waals surface area contributed by atoms with E-state index in [0.717, 1.165) is 0 Å². The molecule has 0 amide bonds. The summed E-state index contributed by atoms with van der Waals surface area (Å²) < 4.78 is 14.5. The van der Waals surface area contributed by atoms with Crippen LogP contribution in [-0.2, 0) is 13.6 Å². The zero-order valence-electron chi connectivity index (χ0n) is 10.3. The van der Waals surface area contributed by atoms with Gasteiger partial charge in [0.25, 0.3) is 5.56 Å². The maximum absolute atomic E-state index is 13.0. The van der Waals surface area contributed by atoms with E-state index >= 15 is 0 Å². The van der Waals surface area contributed by atoms with Crippen molar-refractivity contribution in [3.05, 3.63) is 58.0 Å². The van der Waals surface area contributed by atoms with Crippen molar-refractivity contribution in [3.63, 3.8) is 0 Å². The monoisotopic (exact) mass is 247 g/mol. The van der Waals surface area contributed by atoms with Crippen LogP contribution < -0.4 is 10.9 Å². The van der Waals surface area contributed by atoms with Crippen LogP contribution in [-0.4, -0.2) is 9.55 Å². The van der Waals surface area contributed by atoms with Crippen molar-refractivity contribution in [3.8, 4) is 0 Å². The van der Waals surface area contributed by atoms with E-state index in [0.29, 0.717) is 23.8 Å². The van der Waals surface area contributed by atoms with Crippen LogP contribution in [0.15, 0.2) is 35.1 Å². The molecular formula is C13H14FN3O. The summed E-state index contributed by atoms with van der Waals surface area (Å²) in [5, 5.41) is 3.03. The molecule has 1 heterocycles. The Kier molecular flexibility index (Phi) is 3.41. The molecule has 0 aliphatic rings. The van der Waals surface area contributed by atoms with Gasteiger partial charge in [0, 0.05) is 24.5 Å². The minimum absolute atomic E-state index is 0.0986. The van der Waals surface area contributed by atoms with E-state index in [2.05, 4.69) is 10.3 Å². The molecular weight excluding hydrogens is 233 g/mol. The fraction of sp³-hybridized carbons (Fsp3) is 0.231. The van der Waals surface area contributed by atoms with Crippen LogP contribution in [0.3, 0.4) is 0 Å². The third-order valence-corrected chi connectivity index (χ3v) is 2.63. The summed E-state index contributed by atoms with van der Waals surface area (Å²) in [5.41, 5.74) is 1.23. The van der Waals surface area contributed by atoms with E-state index in [9.17, 15) is 9.18 Å². The minimum Gasteiger partial charge on any atom is -0.378 e. The largest absolute Gasteiger partial charge is 0.378 e. The molecule has 1 aromatic carbocycles. The zero-order valence-corrected chi connectivity index (χ0v) is 10.3. The predicted molar refractivity (Wildman–Crippen MR) is 67.9 cm³/mol. The summed E-state index contributed by atoms with van der Waals surface area (Å²) in [6.07, 6.45) is 0. The van der Waals surface area contributed by atoms with Crippen LogP contribution in [0.1, 0.15) is 11.5 Å². The Morgan fingerprint density at radius 1 is 1.39 bits per heavy atom. The van der Waals surface area contributed by atoms with Crippen molar-refractivity contribution < 1.29 is 4.39 Å². The molecule has 0 fully saturated rings. The Balaban J connectivity index is 2.18. The van der Waals surface area contributed by atoms with Gasteiger partial charge in [-0.1, -0.05) is 6.07 Å². The summed E-state index contributed by atoms with van der Waals surface area (Å²) in [6.45, 7) is 2.14. The number of anilines is 1. The molecule has 0 saturated heterocycles. The first-order chi connectivity index (χ1) is 8.56. The normalized spacial score (nSPS) is 10.4. The van der Waals surface area contributed by atoms with E-state index in [1.807, 2.05) is 0 Å². The van der Waals surface area contributed by atoms with Gasteiger partial charge in [0.05, 0.1) is 6.54 Å². The van der Waals surface area contributed by atoms with Crippen LogP contribution in [0.5, 0.6) is 0 Å².